The number of halogens is 1. The fourth-order valence-electron chi connectivity index (χ4n) is 1.49. The van der Waals surface area contributed by atoms with Crippen LogP contribution in [0.2, 0.25) is 0 Å². The molecule has 3 nitrogen and oxygen atoms in total. The van der Waals surface area contributed by atoms with Crippen LogP contribution in [0.15, 0.2) is 18.2 Å². The van der Waals surface area contributed by atoms with Crippen LogP contribution in [-0.2, 0) is 9.53 Å². The summed E-state index contributed by atoms with van der Waals surface area (Å²) in [5, 5.41) is 2.77. The molecule has 1 aromatic carbocycles. The minimum atomic E-state index is -0.257. The Hall–Kier alpha value is -1.42. The highest BCUT2D eigenvalue weighted by molar-refractivity contribution is 5.77. The first-order chi connectivity index (χ1) is 8.40. The maximum absolute atomic E-state index is 13.4. The third kappa shape index (κ3) is 4.45. The quantitative estimate of drug-likeness (QED) is 0.876. The van der Waals surface area contributed by atoms with E-state index in [1.807, 2.05) is 26.8 Å². The largest absolute Gasteiger partial charge is 0.369 e. The Morgan fingerprint density at radius 3 is 2.61 bits per heavy atom. The number of benzene rings is 1. The molecule has 0 aliphatic rings. The van der Waals surface area contributed by atoms with E-state index in [4.69, 9.17) is 4.74 Å². The lowest BCUT2D eigenvalue weighted by Crippen LogP contribution is -2.31. The third-order valence-corrected chi connectivity index (χ3v) is 2.62. The molecule has 1 aromatic rings. The van der Waals surface area contributed by atoms with Crippen molar-refractivity contribution in [2.45, 2.75) is 39.8 Å². The maximum Gasteiger partial charge on any atom is 0.246 e. The Balaban J connectivity index is 2.56. The van der Waals surface area contributed by atoms with E-state index >= 15 is 0 Å². The van der Waals surface area contributed by atoms with E-state index < -0.39 is 0 Å². The summed E-state index contributed by atoms with van der Waals surface area (Å²) in [6, 6.07) is 4.73. The van der Waals surface area contributed by atoms with E-state index in [2.05, 4.69) is 5.32 Å². The van der Waals surface area contributed by atoms with Gasteiger partial charge in [0, 0.05) is 0 Å². The lowest BCUT2D eigenvalue weighted by atomic mass is 10.1. The van der Waals surface area contributed by atoms with Gasteiger partial charge in [0.25, 0.3) is 0 Å². The minimum Gasteiger partial charge on any atom is -0.369 e. The van der Waals surface area contributed by atoms with Crippen molar-refractivity contribution < 1.29 is 13.9 Å². The van der Waals surface area contributed by atoms with Crippen LogP contribution in [-0.4, -0.2) is 18.6 Å². The van der Waals surface area contributed by atoms with Crippen LogP contribution >= 0.6 is 0 Å². The molecule has 0 saturated carbocycles. The van der Waals surface area contributed by atoms with Crippen LogP contribution < -0.4 is 5.32 Å². The van der Waals surface area contributed by atoms with E-state index in [1.165, 1.54) is 6.07 Å². The predicted molar refractivity (Wildman–Crippen MR) is 68.8 cm³/mol. The molecule has 18 heavy (non-hydrogen) atoms. The molecule has 0 bridgehead atoms. The lowest BCUT2D eigenvalue weighted by Gasteiger charge is -2.15. The highest BCUT2D eigenvalue weighted by Crippen LogP contribution is 2.16. The van der Waals surface area contributed by atoms with Crippen molar-refractivity contribution >= 4 is 5.91 Å². The number of ether oxygens (including phenoxy) is 1. The first-order valence-electron chi connectivity index (χ1n) is 6.07. The van der Waals surface area contributed by atoms with Crippen LogP contribution in [0.4, 0.5) is 4.39 Å². The van der Waals surface area contributed by atoms with Crippen molar-refractivity contribution in [2.24, 2.45) is 0 Å². The Morgan fingerprint density at radius 2 is 2.06 bits per heavy atom. The third-order valence-electron chi connectivity index (χ3n) is 2.62. The van der Waals surface area contributed by atoms with E-state index in [0.717, 1.165) is 5.56 Å². The summed E-state index contributed by atoms with van der Waals surface area (Å²) in [7, 11) is 0. The molecule has 0 heterocycles. The van der Waals surface area contributed by atoms with Crippen molar-refractivity contribution in [3.63, 3.8) is 0 Å². The van der Waals surface area contributed by atoms with Crippen LogP contribution in [0.5, 0.6) is 0 Å². The topological polar surface area (TPSA) is 38.3 Å². The van der Waals surface area contributed by atoms with Crippen molar-refractivity contribution in [1.29, 1.82) is 0 Å². The molecule has 0 aliphatic heterocycles. The van der Waals surface area contributed by atoms with Gasteiger partial charge in [-0.3, -0.25) is 4.79 Å². The van der Waals surface area contributed by atoms with Crippen molar-refractivity contribution in [2.75, 3.05) is 6.61 Å². The number of rotatable bonds is 5. The molecule has 100 valence electrons. The van der Waals surface area contributed by atoms with Gasteiger partial charge < -0.3 is 10.1 Å². The van der Waals surface area contributed by atoms with Crippen LogP contribution in [0, 0.1) is 12.7 Å². The van der Waals surface area contributed by atoms with Gasteiger partial charge in [0.2, 0.25) is 5.91 Å². The number of carbonyl (C=O) groups is 1. The van der Waals surface area contributed by atoms with Gasteiger partial charge >= 0.3 is 0 Å². The standard InChI is InChI=1S/C14H20FNO2/c1-9(2)18-8-14(17)16-11(4)12-6-5-10(3)13(15)7-12/h5-7,9,11H,8H2,1-4H3,(H,16,17). The van der Waals surface area contributed by atoms with E-state index in [0.29, 0.717) is 5.56 Å². The Bertz CT molecular complexity index is 418. The SMILES string of the molecule is Cc1ccc(C(C)NC(=O)COC(C)C)cc1F. The first kappa shape index (κ1) is 14.6. The summed E-state index contributed by atoms with van der Waals surface area (Å²) in [4.78, 5) is 11.6. The van der Waals surface area contributed by atoms with Crippen molar-refractivity contribution in [3.05, 3.63) is 35.1 Å². The Labute approximate surface area is 107 Å². The maximum atomic E-state index is 13.4. The van der Waals surface area contributed by atoms with Gasteiger partial charge in [-0.05, 0) is 44.9 Å². The molecule has 0 spiro atoms. The molecule has 1 unspecified atom stereocenters. The van der Waals surface area contributed by atoms with Gasteiger partial charge in [-0.25, -0.2) is 4.39 Å². The summed E-state index contributed by atoms with van der Waals surface area (Å²) in [6.45, 7) is 7.28. The average Bonchev–Trinajstić information content (AvgIpc) is 2.30. The highest BCUT2D eigenvalue weighted by atomic mass is 19.1. The molecule has 1 N–H and O–H groups in total. The first-order valence-corrected chi connectivity index (χ1v) is 6.07. The van der Waals surface area contributed by atoms with E-state index in [-0.39, 0.29) is 30.5 Å². The minimum absolute atomic E-state index is 0.0166. The van der Waals surface area contributed by atoms with Gasteiger partial charge in [-0.1, -0.05) is 12.1 Å². The zero-order valence-corrected chi connectivity index (χ0v) is 11.3. The van der Waals surface area contributed by atoms with Crippen LogP contribution in [0.3, 0.4) is 0 Å². The van der Waals surface area contributed by atoms with Crippen LogP contribution in [0.25, 0.3) is 0 Å². The summed E-state index contributed by atoms with van der Waals surface area (Å²) in [5.74, 6) is -0.454. The second-order valence-electron chi connectivity index (χ2n) is 4.66. The molecule has 0 aliphatic carbocycles. The van der Waals surface area contributed by atoms with Gasteiger partial charge in [-0.15, -0.1) is 0 Å². The molecule has 0 radical (unpaired) electrons. The number of hydrogen-bond acceptors (Lipinski definition) is 2. The summed E-state index contributed by atoms with van der Waals surface area (Å²) in [6.07, 6.45) is 0.0166. The number of carbonyl (C=O) groups excluding carboxylic acids is 1. The van der Waals surface area contributed by atoms with Crippen LogP contribution in [0.1, 0.15) is 37.9 Å². The highest BCUT2D eigenvalue weighted by Gasteiger charge is 2.11. The van der Waals surface area contributed by atoms with E-state index in [9.17, 15) is 9.18 Å². The van der Waals surface area contributed by atoms with Crippen molar-refractivity contribution in [3.8, 4) is 0 Å². The molecular formula is C14H20FNO2. The van der Waals surface area contributed by atoms with Gasteiger partial charge in [0.1, 0.15) is 12.4 Å². The molecular weight excluding hydrogens is 233 g/mol. The normalized spacial score (nSPS) is 12.6. The average molecular weight is 253 g/mol. The molecule has 0 saturated heterocycles. The molecule has 1 atom stereocenters. The number of nitrogens with one attached hydrogen (secondary N) is 1. The second kappa shape index (κ2) is 6.50. The summed E-state index contributed by atoms with van der Waals surface area (Å²) >= 11 is 0. The van der Waals surface area contributed by atoms with E-state index in [1.54, 1.807) is 13.0 Å². The Kier molecular flexibility index (Phi) is 5.28. The summed E-state index contributed by atoms with van der Waals surface area (Å²) in [5.41, 5.74) is 1.34. The zero-order chi connectivity index (χ0) is 13.7. The predicted octanol–water partition coefficient (Wildman–Crippen LogP) is 2.74. The van der Waals surface area contributed by atoms with Gasteiger partial charge in [0.15, 0.2) is 0 Å². The molecule has 4 heteroatoms. The lowest BCUT2D eigenvalue weighted by molar-refractivity contribution is -0.127. The Morgan fingerprint density at radius 1 is 1.39 bits per heavy atom. The number of aryl methyl sites for hydroxylation is 1. The fraction of sp³-hybridized carbons (Fsp3) is 0.500. The summed E-state index contributed by atoms with van der Waals surface area (Å²) < 4.78 is 18.6. The fourth-order valence-corrected chi connectivity index (χ4v) is 1.49. The molecule has 1 rings (SSSR count). The zero-order valence-electron chi connectivity index (χ0n) is 11.3. The number of amides is 1. The second-order valence-corrected chi connectivity index (χ2v) is 4.66. The smallest absolute Gasteiger partial charge is 0.246 e. The van der Waals surface area contributed by atoms with Crippen molar-refractivity contribution in [1.82, 2.24) is 5.32 Å². The molecule has 0 aromatic heterocycles. The van der Waals surface area contributed by atoms with Gasteiger partial charge in [0.05, 0.1) is 12.1 Å². The molecule has 1 amide bonds. The molecule has 0 fully saturated rings. The number of hydrogen-bond donors (Lipinski definition) is 1. The monoisotopic (exact) mass is 253 g/mol. The van der Waals surface area contributed by atoms with Gasteiger partial charge in [-0.2, -0.15) is 0 Å².